The first-order chi connectivity index (χ1) is 11.5. The van der Waals surface area contributed by atoms with Gasteiger partial charge in [-0.25, -0.2) is 9.78 Å². The Balaban J connectivity index is 1.61. The van der Waals surface area contributed by atoms with Crippen LogP contribution in [0.1, 0.15) is 24.4 Å². The van der Waals surface area contributed by atoms with Crippen molar-refractivity contribution in [2.45, 2.75) is 39.4 Å². The molecule has 0 saturated carbocycles. The predicted molar refractivity (Wildman–Crippen MR) is 90.8 cm³/mol. The predicted octanol–water partition coefficient (Wildman–Crippen LogP) is 1.45. The van der Waals surface area contributed by atoms with Gasteiger partial charge in [0.15, 0.2) is 5.13 Å². The molecule has 24 heavy (non-hydrogen) atoms. The van der Waals surface area contributed by atoms with Crippen LogP contribution in [0.15, 0.2) is 18.5 Å². The summed E-state index contributed by atoms with van der Waals surface area (Å²) in [7, 11) is 0. The Morgan fingerprint density at radius 1 is 1.42 bits per heavy atom. The Labute approximate surface area is 143 Å². The maximum atomic E-state index is 12.4. The lowest BCUT2D eigenvalue weighted by Gasteiger charge is -2.26. The number of hydrogen-bond donors (Lipinski definition) is 2. The number of nitrogens with one attached hydrogen (secondary N) is 2. The number of rotatable bonds is 4. The molecular formula is C15H20N6O2S. The number of thiazole rings is 1. The van der Waals surface area contributed by atoms with E-state index in [1.807, 2.05) is 13.8 Å². The number of urea groups is 1. The molecule has 2 aromatic rings. The molecule has 0 unspecified atom stereocenters. The standard InChI is InChI=1S/C15H20N6O2S/c1-10(2)17-14(23)19-15-18-11-4-7-20(8-12(11)24-15)13(22)9-21-6-3-5-16-21/h3,5-6,10H,4,7-9H2,1-2H3,(H2,17,18,19,23). The van der Waals surface area contributed by atoms with Crippen LogP contribution in [-0.2, 0) is 24.3 Å². The molecule has 8 nitrogen and oxygen atoms in total. The molecule has 0 radical (unpaired) electrons. The highest BCUT2D eigenvalue weighted by atomic mass is 32.1. The SMILES string of the molecule is CC(C)NC(=O)Nc1nc2c(s1)CN(C(=O)Cn1cccn1)CC2. The maximum absolute atomic E-state index is 12.4. The highest BCUT2D eigenvalue weighted by Gasteiger charge is 2.24. The molecule has 1 aliphatic rings. The fraction of sp³-hybridized carbons (Fsp3) is 0.467. The van der Waals surface area contributed by atoms with Gasteiger partial charge in [0.2, 0.25) is 5.91 Å². The number of carbonyl (C=O) groups is 2. The Kier molecular flexibility index (Phi) is 4.79. The van der Waals surface area contributed by atoms with Crippen molar-refractivity contribution in [3.63, 3.8) is 0 Å². The van der Waals surface area contributed by atoms with Crippen molar-refractivity contribution in [3.05, 3.63) is 29.0 Å². The van der Waals surface area contributed by atoms with Crippen LogP contribution in [0.5, 0.6) is 0 Å². The Morgan fingerprint density at radius 3 is 2.96 bits per heavy atom. The van der Waals surface area contributed by atoms with Crippen molar-refractivity contribution in [3.8, 4) is 0 Å². The van der Waals surface area contributed by atoms with Gasteiger partial charge in [-0.1, -0.05) is 11.3 Å². The van der Waals surface area contributed by atoms with Crippen molar-refractivity contribution in [1.29, 1.82) is 0 Å². The summed E-state index contributed by atoms with van der Waals surface area (Å²) in [4.78, 5) is 31.4. The summed E-state index contributed by atoms with van der Waals surface area (Å²) in [5, 5.41) is 10.1. The largest absolute Gasteiger partial charge is 0.336 e. The van der Waals surface area contributed by atoms with Crippen LogP contribution in [-0.4, -0.2) is 44.2 Å². The lowest BCUT2D eigenvalue weighted by atomic mass is 10.2. The highest BCUT2D eigenvalue weighted by molar-refractivity contribution is 7.15. The second kappa shape index (κ2) is 7.00. The van der Waals surface area contributed by atoms with Gasteiger partial charge in [-0.05, 0) is 19.9 Å². The van der Waals surface area contributed by atoms with Gasteiger partial charge in [-0.2, -0.15) is 5.10 Å². The van der Waals surface area contributed by atoms with E-state index in [4.69, 9.17) is 0 Å². The third-order valence-corrected chi connectivity index (χ3v) is 4.58. The van der Waals surface area contributed by atoms with E-state index in [1.54, 1.807) is 28.0 Å². The zero-order chi connectivity index (χ0) is 17.1. The highest BCUT2D eigenvalue weighted by Crippen LogP contribution is 2.28. The van der Waals surface area contributed by atoms with Gasteiger partial charge in [0, 0.05) is 36.3 Å². The van der Waals surface area contributed by atoms with E-state index in [9.17, 15) is 9.59 Å². The number of hydrogen-bond acceptors (Lipinski definition) is 5. The fourth-order valence-corrected chi connectivity index (χ4v) is 3.51. The number of fused-ring (bicyclic) bond motifs is 1. The molecule has 0 spiro atoms. The van der Waals surface area contributed by atoms with Gasteiger partial charge in [0.25, 0.3) is 0 Å². The lowest BCUT2D eigenvalue weighted by molar-refractivity contribution is -0.132. The molecule has 0 fully saturated rings. The number of carbonyl (C=O) groups excluding carboxylic acids is 2. The van der Waals surface area contributed by atoms with Gasteiger partial charge in [-0.15, -0.1) is 0 Å². The first kappa shape index (κ1) is 16.4. The minimum Gasteiger partial charge on any atom is -0.336 e. The van der Waals surface area contributed by atoms with Gasteiger partial charge >= 0.3 is 6.03 Å². The monoisotopic (exact) mass is 348 g/mol. The first-order valence-electron chi connectivity index (χ1n) is 7.82. The fourth-order valence-electron chi connectivity index (χ4n) is 2.49. The number of nitrogens with zero attached hydrogens (tertiary/aromatic N) is 4. The van der Waals surface area contributed by atoms with Crippen LogP contribution in [0.25, 0.3) is 0 Å². The van der Waals surface area contributed by atoms with Gasteiger partial charge in [-0.3, -0.25) is 14.8 Å². The van der Waals surface area contributed by atoms with Crippen LogP contribution in [0.3, 0.4) is 0 Å². The number of aromatic nitrogens is 3. The molecule has 0 bridgehead atoms. The Bertz CT molecular complexity index is 724. The molecular weight excluding hydrogens is 328 g/mol. The summed E-state index contributed by atoms with van der Waals surface area (Å²) in [5.74, 6) is 0.0322. The van der Waals surface area contributed by atoms with Crippen LogP contribution >= 0.6 is 11.3 Å². The van der Waals surface area contributed by atoms with Crippen LogP contribution in [0.2, 0.25) is 0 Å². The molecule has 2 N–H and O–H groups in total. The second-order valence-corrected chi connectivity index (χ2v) is 6.99. The number of anilines is 1. The smallest absolute Gasteiger partial charge is 0.321 e. The maximum Gasteiger partial charge on any atom is 0.321 e. The van der Waals surface area contributed by atoms with E-state index in [0.717, 1.165) is 10.6 Å². The molecule has 0 aromatic carbocycles. The van der Waals surface area contributed by atoms with E-state index < -0.39 is 0 Å². The van der Waals surface area contributed by atoms with Gasteiger partial charge < -0.3 is 10.2 Å². The Hall–Kier alpha value is -2.42. The average Bonchev–Trinajstić information content (AvgIpc) is 3.13. The van der Waals surface area contributed by atoms with Crippen molar-refractivity contribution in [2.75, 3.05) is 11.9 Å². The molecule has 0 saturated heterocycles. The molecule has 0 atom stereocenters. The van der Waals surface area contributed by atoms with Crippen molar-refractivity contribution < 1.29 is 9.59 Å². The Morgan fingerprint density at radius 2 is 2.25 bits per heavy atom. The summed E-state index contributed by atoms with van der Waals surface area (Å²) in [5.41, 5.74) is 0.961. The molecule has 128 valence electrons. The van der Waals surface area contributed by atoms with Crippen LogP contribution in [0.4, 0.5) is 9.93 Å². The lowest BCUT2D eigenvalue weighted by Crippen LogP contribution is -2.37. The molecule has 3 amide bonds. The summed E-state index contributed by atoms with van der Waals surface area (Å²) >= 11 is 1.42. The summed E-state index contributed by atoms with van der Waals surface area (Å²) in [6, 6.07) is 1.60. The minimum atomic E-state index is -0.261. The summed E-state index contributed by atoms with van der Waals surface area (Å²) in [6.07, 6.45) is 4.13. The number of amides is 3. The normalized spacial score (nSPS) is 13.7. The van der Waals surface area contributed by atoms with Crippen molar-refractivity contribution in [2.24, 2.45) is 0 Å². The zero-order valence-corrected chi connectivity index (χ0v) is 14.5. The van der Waals surface area contributed by atoms with E-state index in [2.05, 4.69) is 20.7 Å². The molecule has 3 rings (SSSR count). The quantitative estimate of drug-likeness (QED) is 0.875. The molecule has 1 aliphatic heterocycles. The molecule has 3 heterocycles. The van der Waals surface area contributed by atoms with Gasteiger partial charge in [0.05, 0.1) is 12.2 Å². The molecule has 9 heteroatoms. The summed E-state index contributed by atoms with van der Waals surface area (Å²) in [6.45, 7) is 5.20. The molecule has 0 aliphatic carbocycles. The van der Waals surface area contributed by atoms with E-state index >= 15 is 0 Å². The van der Waals surface area contributed by atoms with Gasteiger partial charge in [0.1, 0.15) is 6.54 Å². The van der Waals surface area contributed by atoms with E-state index in [-0.39, 0.29) is 24.5 Å². The first-order valence-corrected chi connectivity index (χ1v) is 8.64. The van der Waals surface area contributed by atoms with Crippen LogP contribution < -0.4 is 10.6 Å². The average molecular weight is 348 g/mol. The van der Waals surface area contributed by atoms with Crippen molar-refractivity contribution >= 4 is 28.4 Å². The third-order valence-electron chi connectivity index (χ3n) is 3.58. The van der Waals surface area contributed by atoms with Crippen molar-refractivity contribution in [1.82, 2.24) is 25.0 Å². The minimum absolute atomic E-state index is 0.0322. The summed E-state index contributed by atoms with van der Waals surface area (Å²) < 4.78 is 1.62. The topological polar surface area (TPSA) is 92.2 Å². The van der Waals surface area contributed by atoms with E-state index in [0.29, 0.717) is 24.6 Å². The van der Waals surface area contributed by atoms with E-state index in [1.165, 1.54) is 11.3 Å². The molecule has 2 aromatic heterocycles. The van der Waals surface area contributed by atoms with Crippen LogP contribution in [0, 0.1) is 0 Å². The zero-order valence-electron chi connectivity index (χ0n) is 13.7. The third kappa shape index (κ3) is 3.91. The second-order valence-electron chi connectivity index (χ2n) is 5.91.